The molecule has 0 aliphatic heterocycles. The van der Waals surface area contributed by atoms with Gasteiger partial charge < -0.3 is 4.57 Å². The van der Waals surface area contributed by atoms with Gasteiger partial charge in [0.2, 0.25) is 0 Å². The molecule has 6 rings (SSSR count). The van der Waals surface area contributed by atoms with Gasteiger partial charge in [-0.2, -0.15) is 0 Å². The van der Waals surface area contributed by atoms with Crippen molar-refractivity contribution in [2.24, 2.45) is 0 Å². The van der Waals surface area contributed by atoms with E-state index in [1.807, 2.05) is 24.3 Å². The molecule has 1 aromatic heterocycles. The van der Waals surface area contributed by atoms with E-state index < -0.39 is 0 Å². The molecule has 0 aliphatic carbocycles. The smallest absolute Gasteiger partial charge is 0.194 e. The van der Waals surface area contributed by atoms with Crippen LogP contribution in [0.4, 0.5) is 0 Å². The molecule has 2 nitrogen and oxygen atoms in total. The number of ketones is 1. The number of carbonyl (C=O) groups is 1. The van der Waals surface area contributed by atoms with Crippen LogP contribution in [-0.4, -0.2) is 10.4 Å². The number of hydrogen-bond acceptors (Lipinski definition) is 1. The number of aryl methyl sites for hydroxylation is 3. The minimum atomic E-state index is 0.0599. The van der Waals surface area contributed by atoms with Crippen molar-refractivity contribution in [3.63, 3.8) is 0 Å². The number of fused-ring (bicyclic) bond motifs is 4. The lowest BCUT2D eigenvalue weighted by atomic mass is 9.86. The predicted molar refractivity (Wildman–Crippen MR) is 166 cm³/mol. The summed E-state index contributed by atoms with van der Waals surface area (Å²) in [6.07, 6.45) is 0. The Morgan fingerprint density at radius 1 is 0.692 bits per heavy atom. The van der Waals surface area contributed by atoms with Gasteiger partial charge in [-0.1, -0.05) is 98.6 Å². The van der Waals surface area contributed by atoms with E-state index in [4.69, 9.17) is 0 Å². The van der Waals surface area contributed by atoms with Gasteiger partial charge in [-0.15, -0.1) is 0 Å². The fourth-order valence-electron chi connectivity index (χ4n) is 5.79. The zero-order chi connectivity index (χ0) is 27.5. The highest BCUT2D eigenvalue weighted by Crippen LogP contribution is 2.39. The van der Waals surface area contributed by atoms with Gasteiger partial charge in [-0.05, 0) is 77.9 Å². The van der Waals surface area contributed by atoms with Crippen LogP contribution in [0.15, 0.2) is 91.0 Å². The van der Waals surface area contributed by atoms with Crippen molar-refractivity contribution in [3.8, 4) is 11.1 Å². The topological polar surface area (TPSA) is 22.0 Å². The summed E-state index contributed by atoms with van der Waals surface area (Å²) in [5.41, 5.74) is 9.67. The SMILES string of the molecule is CCn1c2ccc(C(C)(C)C)cc2c2cc3ccc(-c4ccc(C)cc4)c(C(=O)c4ccc(C)cc4)c3cc21. The van der Waals surface area contributed by atoms with Gasteiger partial charge in [0.25, 0.3) is 0 Å². The Bertz CT molecular complexity index is 1880. The molecule has 0 saturated carbocycles. The summed E-state index contributed by atoms with van der Waals surface area (Å²) in [5, 5.41) is 4.60. The average molecular weight is 510 g/mol. The molecule has 0 fully saturated rings. The third-order valence-corrected chi connectivity index (χ3v) is 8.09. The fourth-order valence-corrected chi connectivity index (χ4v) is 5.79. The van der Waals surface area contributed by atoms with E-state index in [0.29, 0.717) is 5.56 Å². The molecule has 0 spiro atoms. The fraction of sp³-hybridized carbons (Fsp3) is 0.216. The Hall–Kier alpha value is -4.17. The van der Waals surface area contributed by atoms with Crippen LogP contribution in [0.2, 0.25) is 0 Å². The normalized spacial score (nSPS) is 12.1. The standard InChI is InChI=1S/C37H35NO/c1-7-38-33-19-17-28(37(4,5)6)21-32(33)31-20-27-16-18-29(25-12-8-23(2)9-13-25)35(30(27)22-34(31)38)36(39)26-14-10-24(3)11-15-26/h8-22H,7H2,1-6H3. The minimum absolute atomic E-state index is 0.0599. The molecule has 0 amide bonds. The molecule has 0 atom stereocenters. The van der Waals surface area contributed by atoms with Crippen molar-refractivity contribution in [2.75, 3.05) is 0 Å². The van der Waals surface area contributed by atoms with Gasteiger partial charge in [0, 0.05) is 39.5 Å². The van der Waals surface area contributed by atoms with Crippen LogP contribution in [0.1, 0.15) is 60.3 Å². The van der Waals surface area contributed by atoms with Gasteiger partial charge in [0.05, 0.1) is 0 Å². The molecule has 5 aromatic carbocycles. The number of aromatic nitrogens is 1. The lowest BCUT2D eigenvalue weighted by Gasteiger charge is -2.19. The highest BCUT2D eigenvalue weighted by atomic mass is 16.1. The summed E-state index contributed by atoms with van der Waals surface area (Å²) in [7, 11) is 0. The molecule has 0 N–H and O–H groups in total. The molecular formula is C37H35NO. The first-order chi connectivity index (χ1) is 18.7. The van der Waals surface area contributed by atoms with Gasteiger partial charge in [0.15, 0.2) is 5.78 Å². The highest BCUT2D eigenvalue weighted by Gasteiger charge is 2.22. The zero-order valence-electron chi connectivity index (χ0n) is 23.7. The van der Waals surface area contributed by atoms with Crippen LogP contribution in [-0.2, 0) is 12.0 Å². The Morgan fingerprint density at radius 3 is 1.97 bits per heavy atom. The molecule has 39 heavy (non-hydrogen) atoms. The van der Waals surface area contributed by atoms with Crippen LogP contribution in [0.3, 0.4) is 0 Å². The predicted octanol–water partition coefficient (Wildman–Crippen LogP) is 9.78. The second-order valence-corrected chi connectivity index (χ2v) is 11.9. The van der Waals surface area contributed by atoms with Gasteiger partial charge in [0.1, 0.15) is 0 Å². The van der Waals surface area contributed by atoms with Gasteiger partial charge >= 0.3 is 0 Å². The van der Waals surface area contributed by atoms with Gasteiger partial charge in [-0.25, -0.2) is 0 Å². The number of carbonyl (C=O) groups excluding carboxylic acids is 1. The number of rotatable bonds is 4. The number of hydrogen-bond donors (Lipinski definition) is 0. The largest absolute Gasteiger partial charge is 0.341 e. The summed E-state index contributed by atoms with van der Waals surface area (Å²) >= 11 is 0. The van der Waals surface area contributed by atoms with Crippen molar-refractivity contribution in [1.82, 2.24) is 4.57 Å². The van der Waals surface area contributed by atoms with Gasteiger partial charge in [-0.3, -0.25) is 4.79 Å². The number of benzene rings is 5. The molecule has 0 radical (unpaired) electrons. The molecule has 0 unspecified atom stereocenters. The van der Waals surface area contributed by atoms with E-state index in [0.717, 1.165) is 39.6 Å². The van der Waals surface area contributed by atoms with Crippen LogP contribution in [0.25, 0.3) is 43.7 Å². The summed E-state index contributed by atoms with van der Waals surface area (Å²) in [6, 6.07) is 32.1. The van der Waals surface area contributed by atoms with Crippen molar-refractivity contribution >= 4 is 38.4 Å². The Balaban J connectivity index is 1.70. The summed E-state index contributed by atoms with van der Waals surface area (Å²) < 4.78 is 2.38. The van der Waals surface area contributed by atoms with Crippen LogP contribution in [0.5, 0.6) is 0 Å². The molecule has 2 heteroatoms. The summed E-state index contributed by atoms with van der Waals surface area (Å²) in [4.78, 5) is 14.2. The van der Waals surface area contributed by atoms with Crippen LogP contribution >= 0.6 is 0 Å². The molecule has 0 saturated heterocycles. The maximum absolute atomic E-state index is 14.2. The molecule has 0 aliphatic rings. The Kier molecular flexibility index (Phi) is 5.95. The lowest BCUT2D eigenvalue weighted by molar-refractivity contribution is 0.104. The van der Waals surface area contributed by atoms with Crippen LogP contribution in [0, 0.1) is 13.8 Å². The third-order valence-electron chi connectivity index (χ3n) is 8.09. The first-order valence-electron chi connectivity index (χ1n) is 13.9. The summed E-state index contributed by atoms with van der Waals surface area (Å²) in [6.45, 7) is 14.0. The van der Waals surface area contributed by atoms with Crippen molar-refractivity contribution < 1.29 is 4.79 Å². The van der Waals surface area contributed by atoms with E-state index >= 15 is 0 Å². The average Bonchev–Trinajstić information content (AvgIpc) is 3.23. The summed E-state index contributed by atoms with van der Waals surface area (Å²) in [5.74, 6) is 0.0599. The molecule has 0 bridgehead atoms. The monoisotopic (exact) mass is 509 g/mol. The molecule has 6 aromatic rings. The first-order valence-corrected chi connectivity index (χ1v) is 13.9. The first kappa shape index (κ1) is 25.1. The number of nitrogens with zero attached hydrogens (tertiary/aromatic N) is 1. The van der Waals surface area contributed by atoms with Crippen LogP contribution < -0.4 is 0 Å². The Labute approximate surface area is 230 Å². The minimum Gasteiger partial charge on any atom is -0.341 e. The second kappa shape index (κ2) is 9.24. The van der Waals surface area contributed by atoms with Crippen molar-refractivity contribution in [3.05, 3.63) is 119 Å². The lowest BCUT2D eigenvalue weighted by Crippen LogP contribution is -2.10. The van der Waals surface area contributed by atoms with E-state index in [2.05, 4.69) is 113 Å². The van der Waals surface area contributed by atoms with E-state index in [9.17, 15) is 4.79 Å². The van der Waals surface area contributed by atoms with Crippen molar-refractivity contribution in [2.45, 2.75) is 53.5 Å². The molecule has 1 heterocycles. The quantitative estimate of drug-likeness (QED) is 0.217. The van der Waals surface area contributed by atoms with Crippen molar-refractivity contribution in [1.29, 1.82) is 0 Å². The zero-order valence-corrected chi connectivity index (χ0v) is 23.7. The third kappa shape index (κ3) is 4.25. The van der Waals surface area contributed by atoms with E-state index in [-0.39, 0.29) is 11.2 Å². The van der Waals surface area contributed by atoms with E-state index in [1.165, 1.54) is 32.9 Å². The molecule has 194 valence electrons. The molecular weight excluding hydrogens is 474 g/mol. The Morgan fingerprint density at radius 2 is 1.33 bits per heavy atom. The highest BCUT2D eigenvalue weighted by molar-refractivity contribution is 6.23. The maximum atomic E-state index is 14.2. The van der Waals surface area contributed by atoms with E-state index in [1.54, 1.807) is 0 Å². The second-order valence-electron chi connectivity index (χ2n) is 11.9. The maximum Gasteiger partial charge on any atom is 0.194 e.